The van der Waals surface area contributed by atoms with Crippen molar-refractivity contribution in [2.24, 2.45) is 7.05 Å². The molecular weight excluding hydrogens is 354 g/mol. The van der Waals surface area contributed by atoms with Crippen LogP contribution in [-0.4, -0.2) is 15.5 Å². The van der Waals surface area contributed by atoms with Gasteiger partial charge in [-0.3, -0.25) is 9.36 Å². The van der Waals surface area contributed by atoms with Gasteiger partial charge in [-0.05, 0) is 30.5 Å². The predicted octanol–water partition coefficient (Wildman–Crippen LogP) is 3.34. The largest absolute Gasteiger partial charge is 0.441 e. The molecule has 0 unspecified atom stereocenters. The van der Waals surface area contributed by atoms with Crippen molar-refractivity contribution in [2.45, 2.75) is 13.3 Å². The number of hydrogen-bond acceptors (Lipinski definition) is 6. The summed E-state index contributed by atoms with van der Waals surface area (Å²) in [6.07, 6.45) is 0.0935. The number of aryl methyl sites for hydroxylation is 2. The monoisotopic (exact) mass is 369 g/mol. The lowest BCUT2D eigenvalue weighted by Gasteiger charge is -2.04. The van der Waals surface area contributed by atoms with Gasteiger partial charge in [0.1, 0.15) is 5.76 Å². The highest BCUT2D eigenvalue weighted by atomic mass is 32.1. The smallest absolute Gasteiger partial charge is 0.419 e. The van der Waals surface area contributed by atoms with Crippen LogP contribution in [-0.2, 0) is 18.3 Å². The van der Waals surface area contributed by atoms with E-state index in [1.54, 1.807) is 43.5 Å². The third-order valence-corrected chi connectivity index (χ3v) is 4.75. The second-order valence-electron chi connectivity index (χ2n) is 5.87. The molecule has 1 aromatic carbocycles. The second kappa shape index (κ2) is 6.30. The van der Waals surface area contributed by atoms with Crippen molar-refractivity contribution >= 4 is 34.0 Å². The number of benzene rings is 1. The Kier molecular flexibility index (Phi) is 3.96. The molecule has 0 aliphatic rings. The van der Waals surface area contributed by atoms with E-state index >= 15 is 0 Å². The van der Waals surface area contributed by atoms with E-state index in [9.17, 15) is 9.59 Å². The fraction of sp³-hybridized carbons (Fsp3) is 0.167. The van der Waals surface area contributed by atoms with Crippen molar-refractivity contribution in [3.8, 4) is 11.5 Å². The quantitative estimate of drug-likeness (QED) is 0.596. The number of rotatable bonds is 4. The summed E-state index contributed by atoms with van der Waals surface area (Å²) in [4.78, 5) is 28.3. The predicted molar refractivity (Wildman–Crippen MR) is 98.3 cm³/mol. The number of nitrogens with one attached hydrogen (secondary N) is 1. The van der Waals surface area contributed by atoms with Crippen LogP contribution in [0.1, 0.15) is 11.5 Å². The Morgan fingerprint density at radius 1 is 1.31 bits per heavy atom. The van der Waals surface area contributed by atoms with Crippen LogP contribution in [0.3, 0.4) is 0 Å². The Morgan fingerprint density at radius 2 is 2.15 bits per heavy atom. The zero-order valence-corrected chi connectivity index (χ0v) is 14.9. The number of aromatic nitrogens is 2. The Hall–Kier alpha value is -3.13. The van der Waals surface area contributed by atoms with Crippen LogP contribution < -0.4 is 11.1 Å². The molecule has 1 N–H and O–H groups in total. The molecule has 0 bridgehead atoms. The average molecular weight is 369 g/mol. The lowest BCUT2D eigenvalue weighted by atomic mass is 10.2. The number of carbonyl (C=O) groups is 1. The molecular formula is C18H15N3O4S. The Labute approximate surface area is 151 Å². The molecule has 4 rings (SSSR count). The summed E-state index contributed by atoms with van der Waals surface area (Å²) in [6.45, 7) is 1.79. The second-order valence-corrected chi connectivity index (χ2v) is 6.65. The van der Waals surface area contributed by atoms with Crippen LogP contribution in [0.5, 0.6) is 0 Å². The first-order valence-corrected chi connectivity index (χ1v) is 8.84. The SMILES string of the molecule is Cc1oc(-c2ccsc2)nc1CC(=O)Nc1ccc2c(c1)oc(=O)n2C. The summed E-state index contributed by atoms with van der Waals surface area (Å²) in [5.41, 5.74) is 3.13. The number of carbonyl (C=O) groups excluding carboxylic acids is 1. The van der Waals surface area contributed by atoms with Crippen LogP contribution in [0.2, 0.25) is 0 Å². The van der Waals surface area contributed by atoms with Gasteiger partial charge in [0, 0.05) is 29.7 Å². The molecule has 0 aliphatic heterocycles. The fourth-order valence-corrected chi connectivity index (χ4v) is 3.30. The molecule has 4 aromatic rings. The lowest BCUT2D eigenvalue weighted by molar-refractivity contribution is -0.115. The molecule has 26 heavy (non-hydrogen) atoms. The van der Waals surface area contributed by atoms with Gasteiger partial charge in [0.15, 0.2) is 5.58 Å². The highest BCUT2D eigenvalue weighted by Crippen LogP contribution is 2.24. The lowest BCUT2D eigenvalue weighted by Crippen LogP contribution is -2.15. The number of hydrogen-bond donors (Lipinski definition) is 1. The maximum Gasteiger partial charge on any atom is 0.419 e. The molecule has 0 spiro atoms. The average Bonchev–Trinajstić information content (AvgIpc) is 3.30. The molecule has 0 atom stereocenters. The van der Waals surface area contributed by atoms with E-state index in [1.165, 1.54) is 4.57 Å². The zero-order chi connectivity index (χ0) is 18.3. The van der Waals surface area contributed by atoms with Crippen LogP contribution >= 0.6 is 11.3 Å². The van der Waals surface area contributed by atoms with Gasteiger partial charge in [0.05, 0.1) is 17.6 Å². The molecule has 7 nitrogen and oxygen atoms in total. The van der Waals surface area contributed by atoms with Gasteiger partial charge in [0.2, 0.25) is 11.8 Å². The molecule has 0 aliphatic carbocycles. The van der Waals surface area contributed by atoms with Crippen molar-refractivity contribution in [2.75, 3.05) is 5.32 Å². The van der Waals surface area contributed by atoms with E-state index in [2.05, 4.69) is 10.3 Å². The minimum Gasteiger partial charge on any atom is -0.441 e. The highest BCUT2D eigenvalue weighted by molar-refractivity contribution is 7.08. The van der Waals surface area contributed by atoms with E-state index < -0.39 is 5.76 Å². The summed E-state index contributed by atoms with van der Waals surface area (Å²) in [6, 6.07) is 7.00. The third kappa shape index (κ3) is 2.95. The van der Waals surface area contributed by atoms with Gasteiger partial charge in [-0.15, -0.1) is 0 Å². The third-order valence-electron chi connectivity index (χ3n) is 4.06. The van der Waals surface area contributed by atoms with Gasteiger partial charge in [0.25, 0.3) is 0 Å². The zero-order valence-electron chi connectivity index (χ0n) is 14.1. The molecule has 132 valence electrons. The Balaban J connectivity index is 1.51. The summed E-state index contributed by atoms with van der Waals surface area (Å²) in [5, 5.41) is 6.68. The number of thiophene rings is 1. The summed E-state index contributed by atoms with van der Waals surface area (Å²) >= 11 is 1.56. The van der Waals surface area contributed by atoms with Gasteiger partial charge in [-0.25, -0.2) is 9.78 Å². The van der Waals surface area contributed by atoms with Gasteiger partial charge in [-0.1, -0.05) is 0 Å². The summed E-state index contributed by atoms with van der Waals surface area (Å²) in [7, 11) is 1.63. The molecule has 0 radical (unpaired) electrons. The highest BCUT2D eigenvalue weighted by Gasteiger charge is 2.15. The normalized spacial score (nSPS) is 11.2. The van der Waals surface area contributed by atoms with Crippen molar-refractivity contribution < 1.29 is 13.6 Å². The molecule has 3 heterocycles. The van der Waals surface area contributed by atoms with Gasteiger partial charge >= 0.3 is 5.76 Å². The van der Waals surface area contributed by atoms with Crippen molar-refractivity contribution in [1.29, 1.82) is 0 Å². The standard InChI is InChI=1S/C18H15N3O4S/c1-10-13(20-17(24-10)11-5-6-26-9-11)8-16(22)19-12-3-4-14-15(7-12)25-18(23)21(14)2/h3-7,9H,8H2,1-2H3,(H,19,22). The number of oxazole rings is 2. The molecule has 1 amide bonds. The van der Waals surface area contributed by atoms with Crippen LogP contribution in [0.4, 0.5) is 5.69 Å². The fourth-order valence-electron chi connectivity index (χ4n) is 2.67. The molecule has 0 saturated heterocycles. The number of anilines is 1. The topological polar surface area (TPSA) is 90.3 Å². The van der Waals surface area contributed by atoms with E-state index in [1.807, 2.05) is 16.8 Å². The Bertz CT molecular complexity index is 1150. The molecule has 0 saturated carbocycles. The van der Waals surface area contributed by atoms with Crippen LogP contribution in [0.15, 0.2) is 48.7 Å². The van der Waals surface area contributed by atoms with Crippen molar-refractivity contribution in [1.82, 2.24) is 9.55 Å². The van der Waals surface area contributed by atoms with E-state index in [0.29, 0.717) is 34.1 Å². The number of fused-ring (bicyclic) bond motifs is 1. The van der Waals surface area contributed by atoms with Gasteiger partial charge in [-0.2, -0.15) is 11.3 Å². The first kappa shape index (κ1) is 16.3. The molecule has 3 aromatic heterocycles. The molecule has 8 heteroatoms. The van der Waals surface area contributed by atoms with E-state index in [0.717, 1.165) is 5.56 Å². The molecule has 0 fully saturated rings. The maximum atomic E-state index is 12.3. The first-order valence-electron chi connectivity index (χ1n) is 7.89. The Morgan fingerprint density at radius 3 is 2.92 bits per heavy atom. The maximum absolute atomic E-state index is 12.3. The number of nitrogens with zero attached hydrogens (tertiary/aromatic N) is 2. The van der Waals surface area contributed by atoms with Crippen molar-refractivity contribution in [3.05, 3.63) is 57.0 Å². The van der Waals surface area contributed by atoms with E-state index in [4.69, 9.17) is 8.83 Å². The van der Waals surface area contributed by atoms with E-state index in [-0.39, 0.29) is 12.3 Å². The van der Waals surface area contributed by atoms with Crippen LogP contribution in [0, 0.1) is 6.92 Å². The van der Waals surface area contributed by atoms with Crippen molar-refractivity contribution in [3.63, 3.8) is 0 Å². The summed E-state index contributed by atoms with van der Waals surface area (Å²) < 4.78 is 12.2. The number of amides is 1. The van der Waals surface area contributed by atoms with Crippen LogP contribution in [0.25, 0.3) is 22.6 Å². The minimum atomic E-state index is -0.442. The minimum absolute atomic E-state index is 0.0935. The van der Waals surface area contributed by atoms with Gasteiger partial charge < -0.3 is 14.2 Å². The first-order chi connectivity index (χ1) is 12.5. The summed E-state index contributed by atoms with van der Waals surface area (Å²) in [5.74, 6) is 0.462.